The Morgan fingerprint density at radius 2 is 2.00 bits per heavy atom. The van der Waals surface area contributed by atoms with Crippen molar-refractivity contribution < 1.29 is 9.53 Å². The molecular formula is C16H13N3O2. The average molecular weight is 279 g/mol. The molecule has 1 unspecified atom stereocenters. The van der Waals surface area contributed by atoms with E-state index >= 15 is 0 Å². The van der Waals surface area contributed by atoms with Gasteiger partial charge in [-0.25, -0.2) is 4.98 Å². The van der Waals surface area contributed by atoms with Crippen molar-refractivity contribution in [2.24, 2.45) is 0 Å². The zero-order valence-corrected chi connectivity index (χ0v) is 11.2. The van der Waals surface area contributed by atoms with Gasteiger partial charge in [0.15, 0.2) is 6.10 Å². The van der Waals surface area contributed by atoms with E-state index in [1.807, 2.05) is 48.5 Å². The molecule has 1 aliphatic rings. The maximum atomic E-state index is 12.3. The minimum atomic E-state index is -0.504. The van der Waals surface area contributed by atoms with Crippen LogP contribution in [0.4, 0.5) is 5.95 Å². The molecule has 1 atom stereocenters. The molecule has 3 aromatic rings. The van der Waals surface area contributed by atoms with Crippen LogP contribution in [0.2, 0.25) is 0 Å². The molecule has 2 aromatic carbocycles. The normalized spacial score (nSPS) is 16.5. The van der Waals surface area contributed by atoms with Crippen LogP contribution in [0.1, 0.15) is 5.56 Å². The molecule has 0 aliphatic carbocycles. The van der Waals surface area contributed by atoms with Crippen LogP contribution in [0.25, 0.3) is 11.0 Å². The third-order valence-electron chi connectivity index (χ3n) is 3.57. The first-order valence-electron chi connectivity index (χ1n) is 6.80. The molecule has 0 saturated heterocycles. The van der Waals surface area contributed by atoms with E-state index in [0.29, 0.717) is 12.4 Å². The number of ether oxygens (including phenoxy) is 1. The highest BCUT2D eigenvalue weighted by Gasteiger charge is 2.29. The van der Waals surface area contributed by atoms with Crippen molar-refractivity contribution in [3.8, 4) is 5.75 Å². The molecule has 21 heavy (non-hydrogen) atoms. The Balaban J connectivity index is 1.52. The maximum Gasteiger partial charge on any atom is 0.268 e. The second kappa shape index (κ2) is 4.63. The minimum absolute atomic E-state index is 0.190. The number of nitrogens with zero attached hydrogens (tertiary/aromatic N) is 1. The second-order valence-corrected chi connectivity index (χ2v) is 5.01. The van der Waals surface area contributed by atoms with E-state index in [-0.39, 0.29) is 5.91 Å². The van der Waals surface area contributed by atoms with Gasteiger partial charge >= 0.3 is 0 Å². The SMILES string of the molecule is O=C(Nc1nc2ccccc2[nH]1)C1Cc2ccccc2O1. The summed E-state index contributed by atoms with van der Waals surface area (Å²) < 4.78 is 5.66. The molecule has 1 aromatic heterocycles. The van der Waals surface area contributed by atoms with E-state index in [2.05, 4.69) is 15.3 Å². The van der Waals surface area contributed by atoms with Crippen molar-refractivity contribution in [2.75, 3.05) is 5.32 Å². The van der Waals surface area contributed by atoms with Crippen molar-refractivity contribution in [1.29, 1.82) is 0 Å². The number of rotatable bonds is 2. The third-order valence-corrected chi connectivity index (χ3v) is 3.57. The van der Waals surface area contributed by atoms with Gasteiger partial charge in [0.05, 0.1) is 11.0 Å². The van der Waals surface area contributed by atoms with E-state index < -0.39 is 6.10 Å². The number of amides is 1. The minimum Gasteiger partial charge on any atom is -0.480 e. The number of aromatic amines is 1. The van der Waals surface area contributed by atoms with E-state index in [1.165, 1.54) is 0 Å². The molecule has 0 bridgehead atoms. The fourth-order valence-electron chi connectivity index (χ4n) is 2.54. The predicted octanol–water partition coefficient (Wildman–Crippen LogP) is 2.51. The van der Waals surface area contributed by atoms with Crippen LogP contribution in [0.15, 0.2) is 48.5 Å². The van der Waals surface area contributed by atoms with Crippen LogP contribution in [-0.4, -0.2) is 22.0 Å². The van der Waals surface area contributed by atoms with E-state index in [1.54, 1.807) is 0 Å². The Hall–Kier alpha value is -2.82. The Bertz CT molecular complexity index is 767. The van der Waals surface area contributed by atoms with Gasteiger partial charge in [-0.05, 0) is 23.8 Å². The smallest absolute Gasteiger partial charge is 0.268 e. The van der Waals surface area contributed by atoms with Gasteiger partial charge in [0.1, 0.15) is 5.75 Å². The fourth-order valence-corrected chi connectivity index (χ4v) is 2.54. The van der Waals surface area contributed by atoms with Gasteiger partial charge in [-0.3, -0.25) is 10.1 Å². The third kappa shape index (κ3) is 2.12. The molecule has 1 aliphatic heterocycles. The maximum absolute atomic E-state index is 12.3. The first kappa shape index (κ1) is 12.0. The average Bonchev–Trinajstić information content (AvgIpc) is 3.10. The Morgan fingerprint density at radius 1 is 1.19 bits per heavy atom. The predicted molar refractivity (Wildman–Crippen MR) is 79.3 cm³/mol. The molecule has 0 saturated carbocycles. The van der Waals surface area contributed by atoms with Crippen molar-refractivity contribution in [2.45, 2.75) is 12.5 Å². The molecule has 0 spiro atoms. The second-order valence-electron chi connectivity index (χ2n) is 5.01. The van der Waals surface area contributed by atoms with Crippen LogP contribution < -0.4 is 10.1 Å². The largest absolute Gasteiger partial charge is 0.480 e. The number of nitrogens with one attached hydrogen (secondary N) is 2. The first-order chi connectivity index (χ1) is 10.3. The van der Waals surface area contributed by atoms with Gasteiger partial charge < -0.3 is 9.72 Å². The number of aromatic nitrogens is 2. The van der Waals surface area contributed by atoms with E-state index in [9.17, 15) is 4.79 Å². The van der Waals surface area contributed by atoms with Gasteiger partial charge in [-0.1, -0.05) is 30.3 Å². The van der Waals surface area contributed by atoms with E-state index in [4.69, 9.17) is 4.74 Å². The number of hydrogen-bond donors (Lipinski definition) is 2. The first-order valence-corrected chi connectivity index (χ1v) is 6.80. The number of H-pyrrole nitrogens is 1. The van der Waals surface area contributed by atoms with Crippen LogP contribution in [-0.2, 0) is 11.2 Å². The molecule has 104 valence electrons. The molecule has 2 N–H and O–H groups in total. The van der Waals surface area contributed by atoms with Crippen molar-refractivity contribution >= 4 is 22.9 Å². The number of carbonyl (C=O) groups excluding carboxylic acids is 1. The molecular weight excluding hydrogens is 266 g/mol. The summed E-state index contributed by atoms with van der Waals surface area (Å²) in [4.78, 5) is 19.7. The Morgan fingerprint density at radius 3 is 2.86 bits per heavy atom. The molecule has 0 fully saturated rings. The highest BCUT2D eigenvalue weighted by Crippen LogP contribution is 2.28. The zero-order chi connectivity index (χ0) is 14.2. The van der Waals surface area contributed by atoms with Gasteiger partial charge in [-0.2, -0.15) is 0 Å². The highest BCUT2D eigenvalue weighted by atomic mass is 16.5. The van der Waals surface area contributed by atoms with Gasteiger partial charge in [-0.15, -0.1) is 0 Å². The number of benzene rings is 2. The lowest BCUT2D eigenvalue weighted by Gasteiger charge is -2.09. The summed E-state index contributed by atoms with van der Waals surface area (Å²) >= 11 is 0. The van der Waals surface area contributed by atoms with Crippen molar-refractivity contribution in [3.05, 3.63) is 54.1 Å². The molecule has 2 heterocycles. The summed E-state index contributed by atoms with van der Waals surface area (Å²) in [5.74, 6) is 1.04. The van der Waals surface area contributed by atoms with Gasteiger partial charge in [0, 0.05) is 6.42 Å². The monoisotopic (exact) mass is 279 g/mol. The molecule has 5 heteroatoms. The quantitative estimate of drug-likeness (QED) is 0.757. The molecule has 4 rings (SSSR count). The Labute approximate surface area is 121 Å². The van der Waals surface area contributed by atoms with Crippen LogP contribution in [0.3, 0.4) is 0 Å². The summed E-state index contributed by atoms with van der Waals surface area (Å²) in [6.45, 7) is 0. The summed E-state index contributed by atoms with van der Waals surface area (Å²) in [6.07, 6.45) is 0.0815. The lowest BCUT2D eigenvalue weighted by molar-refractivity contribution is -0.122. The number of anilines is 1. The summed E-state index contributed by atoms with van der Waals surface area (Å²) in [5.41, 5.74) is 2.77. The van der Waals surface area contributed by atoms with Crippen LogP contribution >= 0.6 is 0 Å². The van der Waals surface area contributed by atoms with Crippen molar-refractivity contribution in [1.82, 2.24) is 9.97 Å². The number of hydrogen-bond acceptors (Lipinski definition) is 3. The summed E-state index contributed by atoms with van der Waals surface area (Å²) in [5, 5.41) is 2.78. The topological polar surface area (TPSA) is 67.0 Å². The molecule has 0 radical (unpaired) electrons. The number of fused-ring (bicyclic) bond motifs is 2. The number of carbonyl (C=O) groups is 1. The lowest BCUT2D eigenvalue weighted by atomic mass is 10.1. The van der Waals surface area contributed by atoms with Gasteiger partial charge in [0.2, 0.25) is 5.95 Å². The Kier molecular flexibility index (Phi) is 2.64. The van der Waals surface area contributed by atoms with Crippen LogP contribution in [0, 0.1) is 0 Å². The molecule has 5 nitrogen and oxygen atoms in total. The van der Waals surface area contributed by atoms with Crippen molar-refractivity contribution in [3.63, 3.8) is 0 Å². The standard InChI is InChI=1S/C16H13N3O2/c20-15(14-9-10-5-1-4-8-13(10)21-14)19-16-17-11-6-2-3-7-12(11)18-16/h1-8,14H,9H2,(H2,17,18,19,20). The van der Waals surface area contributed by atoms with E-state index in [0.717, 1.165) is 22.3 Å². The van der Waals surface area contributed by atoms with Crippen LogP contribution in [0.5, 0.6) is 5.75 Å². The zero-order valence-electron chi connectivity index (χ0n) is 11.2. The summed E-state index contributed by atoms with van der Waals surface area (Å²) in [7, 11) is 0. The van der Waals surface area contributed by atoms with Gasteiger partial charge in [0.25, 0.3) is 5.91 Å². The molecule has 1 amide bonds. The fraction of sp³-hybridized carbons (Fsp3) is 0.125. The number of imidazole rings is 1. The lowest BCUT2D eigenvalue weighted by Crippen LogP contribution is -2.31. The highest BCUT2D eigenvalue weighted by molar-refractivity contribution is 5.95. The number of para-hydroxylation sites is 3. The summed E-state index contributed by atoms with van der Waals surface area (Å²) in [6, 6.07) is 15.3.